The van der Waals surface area contributed by atoms with Gasteiger partial charge in [0.1, 0.15) is 0 Å². The third-order valence-corrected chi connectivity index (χ3v) is 4.47. The molecule has 2 aromatic rings. The lowest BCUT2D eigenvalue weighted by atomic mass is 9.89. The average molecular weight is 280 g/mol. The van der Waals surface area contributed by atoms with Crippen LogP contribution >= 0.6 is 0 Å². The smallest absolute Gasteiger partial charge is 0.0607 e. The molecule has 0 saturated heterocycles. The summed E-state index contributed by atoms with van der Waals surface area (Å²) in [4.78, 5) is 4.53. The first-order valence-corrected chi connectivity index (χ1v) is 7.96. The molecule has 0 radical (unpaired) electrons. The topological polar surface area (TPSA) is 24.9 Å². The molecule has 2 nitrogen and oxygen atoms in total. The molecule has 1 aliphatic carbocycles. The van der Waals surface area contributed by atoms with E-state index in [1.165, 1.54) is 31.2 Å². The third kappa shape index (κ3) is 3.10. The van der Waals surface area contributed by atoms with Crippen LogP contribution in [0.4, 0.5) is 5.69 Å². The summed E-state index contributed by atoms with van der Waals surface area (Å²) in [5.74, 6) is 0. The van der Waals surface area contributed by atoms with Gasteiger partial charge in [-0.25, -0.2) is 0 Å². The quantitative estimate of drug-likeness (QED) is 0.877. The van der Waals surface area contributed by atoms with Gasteiger partial charge in [0.25, 0.3) is 0 Å². The summed E-state index contributed by atoms with van der Waals surface area (Å²) in [6.45, 7) is 6.32. The van der Waals surface area contributed by atoms with Crippen LogP contribution in [0.2, 0.25) is 0 Å². The maximum Gasteiger partial charge on any atom is 0.0607 e. The lowest BCUT2D eigenvalue weighted by molar-refractivity contribution is 0.683. The largest absolute Gasteiger partial charge is 0.377 e. The summed E-state index contributed by atoms with van der Waals surface area (Å²) in [6, 6.07) is 11.5. The van der Waals surface area contributed by atoms with Crippen LogP contribution in [-0.2, 0) is 12.8 Å². The number of nitrogens with one attached hydrogen (secondary N) is 1. The van der Waals surface area contributed by atoms with Gasteiger partial charge in [0.15, 0.2) is 0 Å². The van der Waals surface area contributed by atoms with Crippen molar-refractivity contribution < 1.29 is 0 Å². The summed E-state index contributed by atoms with van der Waals surface area (Å²) < 4.78 is 0. The van der Waals surface area contributed by atoms with Crippen molar-refractivity contribution in [1.29, 1.82) is 0 Å². The van der Waals surface area contributed by atoms with Crippen molar-refractivity contribution in [3.05, 3.63) is 58.4 Å². The van der Waals surface area contributed by atoms with Crippen LogP contribution in [0.15, 0.2) is 30.3 Å². The molecular weight excluding hydrogens is 256 g/mol. The maximum absolute atomic E-state index is 4.53. The molecular formula is C19H24N2. The Labute approximate surface area is 127 Å². The van der Waals surface area contributed by atoms with Crippen molar-refractivity contribution in [3.63, 3.8) is 0 Å². The summed E-state index contributed by atoms with van der Waals surface area (Å²) in [5.41, 5.74) is 7.73. The van der Waals surface area contributed by atoms with Gasteiger partial charge in [-0.05, 0) is 75.3 Å². The van der Waals surface area contributed by atoms with Gasteiger partial charge in [0, 0.05) is 11.7 Å². The Balaban J connectivity index is 1.80. The number of fused-ring (bicyclic) bond motifs is 1. The van der Waals surface area contributed by atoms with E-state index in [2.05, 4.69) is 54.5 Å². The number of hydrogen-bond donors (Lipinski definition) is 1. The van der Waals surface area contributed by atoms with Gasteiger partial charge in [-0.3, -0.25) is 4.98 Å². The minimum absolute atomic E-state index is 0.306. The molecule has 0 bridgehead atoms. The van der Waals surface area contributed by atoms with E-state index in [4.69, 9.17) is 0 Å². The third-order valence-electron chi connectivity index (χ3n) is 4.47. The lowest BCUT2D eigenvalue weighted by Crippen LogP contribution is -2.10. The molecule has 1 aromatic carbocycles. The zero-order valence-electron chi connectivity index (χ0n) is 13.2. The minimum Gasteiger partial charge on any atom is -0.377 e. The van der Waals surface area contributed by atoms with Crippen molar-refractivity contribution in [3.8, 4) is 0 Å². The average Bonchev–Trinajstić information content (AvgIpc) is 2.49. The number of aryl methyl sites for hydroxylation is 4. The first-order valence-electron chi connectivity index (χ1n) is 7.96. The molecule has 0 saturated carbocycles. The van der Waals surface area contributed by atoms with Gasteiger partial charge in [0.05, 0.1) is 11.4 Å². The fraction of sp³-hybridized carbons (Fsp3) is 0.421. The Morgan fingerprint density at radius 2 is 1.76 bits per heavy atom. The van der Waals surface area contributed by atoms with Gasteiger partial charge in [0.2, 0.25) is 0 Å². The van der Waals surface area contributed by atoms with E-state index >= 15 is 0 Å². The van der Waals surface area contributed by atoms with Gasteiger partial charge >= 0.3 is 0 Å². The van der Waals surface area contributed by atoms with Crippen molar-refractivity contribution in [2.45, 2.75) is 52.5 Å². The number of pyridine rings is 1. The second-order valence-corrected chi connectivity index (χ2v) is 6.19. The Hall–Kier alpha value is -1.83. The van der Waals surface area contributed by atoms with Crippen LogP contribution in [0.25, 0.3) is 0 Å². The van der Waals surface area contributed by atoms with E-state index in [0.717, 1.165) is 17.1 Å². The molecule has 1 N–H and O–H groups in total. The van der Waals surface area contributed by atoms with Crippen molar-refractivity contribution in [2.24, 2.45) is 0 Å². The SMILES string of the molecule is Cc1ccc(NC(C)c2ccc3c(c2)CCCC3)c(C)n1. The van der Waals surface area contributed by atoms with Crippen LogP contribution in [0.3, 0.4) is 0 Å². The molecule has 3 rings (SSSR count). The zero-order valence-corrected chi connectivity index (χ0v) is 13.2. The highest BCUT2D eigenvalue weighted by Crippen LogP contribution is 2.27. The van der Waals surface area contributed by atoms with E-state index in [1.807, 2.05) is 6.92 Å². The van der Waals surface area contributed by atoms with Gasteiger partial charge in [-0.15, -0.1) is 0 Å². The van der Waals surface area contributed by atoms with E-state index in [0.29, 0.717) is 6.04 Å². The first-order chi connectivity index (χ1) is 10.1. The summed E-state index contributed by atoms with van der Waals surface area (Å²) in [5, 5.41) is 3.60. The fourth-order valence-electron chi connectivity index (χ4n) is 3.18. The van der Waals surface area contributed by atoms with Crippen molar-refractivity contribution in [1.82, 2.24) is 4.98 Å². The molecule has 1 heterocycles. The predicted octanol–water partition coefficient (Wildman–Crippen LogP) is 4.75. The van der Waals surface area contributed by atoms with E-state index in [-0.39, 0.29) is 0 Å². The Morgan fingerprint density at radius 3 is 2.52 bits per heavy atom. The molecule has 1 atom stereocenters. The molecule has 0 spiro atoms. The van der Waals surface area contributed by atoms with Crippen LogP contribution in [0.5, 0.6) is 0 Å². The molecule has 110 valence electrons. The molecule has 1 aliphatic rings. The second-order valence-electron chi connectivity index (χ2n) is 6.19. The molecule has 0 fully saturated rings. The fourth-order valence-corrected chi connectivity index (χ4v) is 3.18. The minimum atomic E-state index is 0.306. The van der Waals surface area contributed by atoms with Crippen molar-refractivity contribution >= 4 is 5.69 Å². The number of rotatable bonds is 3. The molecule has 0 aliphatic heterocycles. The molecule has 0 amide bonds. The number of benzene rings is 1. The Morgan fingerprint density at radius 1 is 1.00 bits per heavy atom. The first kappa shape index (κ1) is 14.1. The monoisotopic (exact) mass is 280 g/mol. The lowest BCUT2D eigenvalue weighted by Gasteiger charge is -2.21. The predicted molar refractivity (Wildman–Crippen MR) is 88.8 cm³/mol. The van der Waals surface area contributed by atoms with E-state index in [1.54, 1.807) is 11.1 Å². The van der Waals surface area contributed by atoms with Crippen LogP contribution < -0.4 is 5.32 Å². The summed E-state index contributed by atoms with van der Waals surface area (Å²) in [6.07, 6.45) is 5.16. The van der Waals surface area contributed by atoms with Gasteiger partial charge in [-0.1, -0.05) is 18.2 Å². The number of nitrogens with zero attached hydrogens (tertiary/aromatic N) is 1. The molecule has 2 heteroatoms. The number of anilines is 1. The standard InChI is InChI=1S/C19H24N2/c1-13-8-11-19(15(3)20-13)21-14(2)17-10-9-16-6-4-5-7-18(16)12-17/h8-12,14,21H,4-7H2,1-3H3. The molecule has 1 aromatic heterocycles. The molecule has 1 unspecified atom stereocenters. The van der Waals surface area contributed by atoms with Crippen LogP contribution in [0.1, 0.15) is 53.9 Å². The number of aromatic nitrogens is 1. The Kier molecular flexibility index (Phi) is 3.96. The van der Waals surface area contributed by atoms with E-state index < -0.39 is 0 Å². The maximum atomic E-state index is 4.53. The highest BCUT2D eigenvalue weighted by atomic mass is 14.9. The molecule has 21 heavy (non-hydrogen) atoms. The van der Waals surface area contributed by atoms with Gasteiger partial charge < -0.3 is 5.32 Å². The van der Waals surface area contributed by atoms with Gasteiger partial charge in [-0.2, -0.15) is 0 Å². The summed E-state index contributed by atoms with van der Waals surface area (Å²) >= 11 is 0. The highest BCUT2D eigenvalue weighted by molar-refractivity contribution is 5.50. The van der Waals surface area contributed by atoms with Crippen molar-refractivity contribution in [2.75, 3.05) is 5.32 Å². The zero-order chi connectivity index (χ0) is 14.8. The number of hydrogen-bond acceptors (Lipinski definition) is 2. The normalized spacial score (nSPS) is 15.4. The summed E-state index contributed by atoms with van der Waals surface area (Å²) in [7, 11) is 0. The van der Waals surface area contributed by atoms with Crippen LogP contribution in [0, 0.1) is 13.8 Å². The van der Waals surface area contributed by atoms with E-state index in [9.17, 15) is 0 Å². The highest BCUT2D eigenvalue weighted by Gasteiger charge is 2.13. The van der Waals surface area contributed by atoms with Crippen LogP contribution in [-0.4, -0.2) is 4.98 Å². The second kappa shape index (κ2) is 5.88. The Bertz CT molecular complexity index is 646.